The molecule has 1 aliphatic rings. The molecule has 1 saturated heterocycles. The first-order chi connectivity index (χ1) is 9.69. The molecule has 2 rings (SSSR count). The van der Waals surface area contributed by atoms with Gasteiger partial charge in [-0.15, -0.1) is 0 Å². The fourth-order valence-corrected chi connectivity index (χ4v) is 2.79. The van der Waals surface area contributed by atoms with Crippen LogP contribution in [-0.2, 0) is 0 Å². The van der Waals surface area contributed by atoms with Crippen molar-refractivity contribution in [3.05, 3.63) is 24.3 Å². The average molecular weight is 276 g/mol. The number of nitrogens with zero attached hydrogens (tertiary/aromatic N) is 1. The van der Waals surface area contributed by atoms with E-state index < -0.39 is 0 Å². The van der Waals surface area contributed by atoms with Crippen LogP contribution in [0.5, 0.6) is 5.75 Å². The normalized spacial score (nSPS) is 19.4. The zero-order valence-corrected chi connectivity index (χ0v) is 13.1. The van der Waals surface area contributed by atoms with Gasteiger partial charge < -0.3 is 15.0 Å². The Morgan fingerprint density at radius 2 is 2.05 bits per heavy atom. The van der Waals surface area contributed by atoms with Crippen LogP contribution >= 0.6 is 0 Å². The van der Waals surface area contributed by atoms with Crippen LogP contribution in [0.2, 0.25) is 0 Å². The standard InChI is InChI=1S/C17H28N2O/c1-4-12-20-17-9-7-16(8-10-17)19-11-5-6-15(13-19)18-14(2)3/h7-10,14-15,18H,4-6,11-13H2,1-3H3. The van der Waals surface area contributed by atoms with Crippen LogP contribution in [0, 0.1) is 0 Å². The van der Waals surface area contributed by atoms with Crippen LogP contribution in [-0.4, -0.2) is 31.8 Å². The van der Waals surface area contributed by atoms with Crippen molar-refractivity contribution in [3.8, 4) is 5.75 Å². The first-order valence-electron chi connectivity index (χ1n) is 7.93. The summed E-state index contributed by atoms with van der Waals surface area (Å²) < 4.78 is 5.64. The monoisotopic (exact) mass is 276 g/mol. The largest absolute Gasteiger partial charge is 0.494 e. The summed E-state index contributed by atoms with van der Waals surface area (Å²) in [4.78, 5) is 2.48. The van der Waals surface area contributed by atoms with Crippen LogP contribution in [0.3, 0.4) is 0 Å². The van der Waals surface area contributed by atoms with Crippen molar-refractivity contribution in [2.75, 3.05) is 24.6 Å². The Morgan fingerprint density at radius 1 is 1.30 bits per heavy atom. The molecule has 0 bridgehead atoms. The number of piperidine rings is 1. The van der Waals surface area contributed by atoms with E-state index in [0.29, 0.717) is 12.1 Å². The predicted octanol–water partition coefficient (Wildman–Crippen LogP) is 3.44. The first-order valence-corrected chi connectivity index (χ1v) is 7.93. The SMILES string of the molecule is CCCOc1ccc(N2CCCC(NC(C)C)C2)cc1. The summed E-state index contributed by atoms with van der Waals surface area (Å²) in [7, 11) is 0. The van der Waals surface area contributed by atoms with E-state index in [2.05, 4.69) is 55.3 Å². The van der Waals surface area contributed by atoms with Gasteiger partial charge in [-0.25, -0.2) is 0 Å². The fraction of sp³-hybridized carbons (Fsp3) is 0.647. The quantitative estimate of drug-likeness (QED) is 0.861. The van der Waals surface area contributed by atoms with Crippen LogP contribution < -0.4 is 15.0 Å². The van der Waals surface area contributed by atoms with Gasteiger partial charge in [-0.2, -0.15) is 0 Å². The van der Waals surface area contributed by atoms with Gasteiger partial charge in [-0.05, 0) is 43.5 Å². The molecule has 0 aromatic heterocycles. The fourth-order valence-electron chi connectivity index (χ4n) is 2.79. The third-order valence-corrected chi connectivity index (χ3v) is 3.67. The Labute approximate surface area is 123 Å². The lowest BCUT2D eigenvalue weighted by Gasteiger charge is -2.35. The Morgan fingerprint density at radius 3 is 2.70 bits per heavy atom. The van der Waals surface area contributed by atoms with E-state index in [1.54, 1.807) is 0 Å². The van der Waals surface area contributed by atoms with Crippen molar-refractivity contribution in [2.24, 2.45) is 0 Å². The van der Waals surface area contributed by atoms with Gasteiger partial charge in [0, 0.05) is 30.9 Å². The molecule has 1 heterocycles. The maximum absolute atomic E-state index is 5.64. The zero-order valence-electron chi connectivity index (χ0n) is 13.1. The van der Waals surface area contributed by atoms with Gasteiger partial charge in [0.25, 0.3) is 0 Å². The maximum atomic E-state index is 5.64. The highest BCUT2D eigenvalue weighted by atomic mass is 16.5. The van der Waals surface area contributed by atoms with Gasteiger partial charge in [0.05, 0.1) is 6.61 Å². The highest BCUT2D eigenvalue weighted by Gasteiger charge is 2.20. The van der Waals surface area contributed by atoms with E-state index in [1.807, 2.05) is 0 Å². The zero-order chi connectivity index (χ0) is 14.4. The summed E-state index contributed by atoms with van der Waals surface area (Å²) in [6, 6.07) is 9.71. The van der Waals surface area contributed by atoms with E-state index in [4.69, 9.17) is 4.74 Å². The number of rotatable bonds is 6. The molecule has 0 amide bonds. The van der Waals surface area contributed by atoms with Crippen molar-refractivity contribution < 1.29 is 4.74 Å². The second-order valence-corrected chi connectivity index (χ2v) is 5.95. The lowest BCUT2D eigenvalue weighted by Crippen LogP contribution is -2.47. The molecular weight excluding hydrogens is 248 g/mol. The minimum absolute atomic E-state index is 0.560. The summed E-state index contributed by atoms with van der Waals surface area (Å²) in [5.74, 6) is 0.976. The van der Waals surface area contributed by atoms with Crippen molar-refractivity contribution >= 4 is 5.69 Å². The summed E-state index contributed by atoms with van der Waals surface area (Å²) >= 11 is 0. The Balaban J connectivity index is 1.93. The van der Waals surface area contributed by atoms with Crippen molar-refractivity contribution in [1.29, 1.82) is 0 Å². The minimum Gasteiger partial charge on any atom is -0.494 e. The number of ether oxygens (including phenoxy) is 1. The minimum atomic E-state index is 0.560. The van der Waals surface area contributed by atoms with E-state index in [0.717, 1.165) is 31.9 Å². The van der Waals surface area contributed by atoms with E-state index in [1.165, 1.54) is 18.5 Å². The average Bonchev–Trinajstić information content (AvgIpc) is 2.45. The number of nitrogens with one attached hydrogen (secondary N) is 1. The second kappa shape index (κ2) is 7.53. The van der Waals surface area contributed by atoms with Crippen molar-refractivity contribution in [1.82, 2.24) is 5.32 Å². The van der Waals surface area contributed by atoms with E-state index in [-0.39, 0.29) is 0 Å². The molecule has 1 fully saturated rings. The molecule has 0 spiro atoms. The number of anilines is 1. The lowest BCUT2D eigenvalue weighted by atomic mass is 10.0. The Hall–Kier alpha value is -1.22. The van der Waals surface area contributed by atoms with Gasteiger partial charge in [0.2, 0.25) is 0 Å². The molecule has 1 aliphatic heterocycles. The first kappa shape index (κ1) is 15.2. The molecule has 3 heteroatoms. The van der Waals surface area contributed by atoms with Crippen molar-refractivity contribution in [2.45, 2.75) is 52.1 Å². The molecule has 1 atom stereocenters. The molecule has 1 aromatic rings. The lowest BCUT2D eigenvalue weighted by molar-refractivity contribution is 0.317. The maximum Gasteiger partial charge on any atom is 0.119 e. The molecular formula is C17H28N2O. The predicted molar refractivity (Wildman–Crippen MR) is 85.7 cm³/mol. The van der Waals surface area contributed by atoms with Gasteiger partial charge in [0.1, 0.15) is 5.75 Å². The molecule has 1 aromatic carbocycles. The third-order valence-electron chi connectivity index (χ3n) is 3.67. The second-order valence-electron chi connectivity index (χ2n) is 5.95. The van der Waals surface area contributed by atoms with Crippen LogP contribution in [0.25, 0.3) is 0 Å². The molecule has 0 aliphatic carbocycles. The van der Waals surface area contributed by atoms with Gasteiger partial charge in [0.15, 0.2) is 0 Å². The summed E-state index contributed by atoms with van der Waals surface area (Å²) in [5, 5.41) is 3.65. The van der Waals surface area contributed by atoms with Crippen LogP contribution in [0.4, 0.5) is 5.69 Å². The summed E-state index contributed by atoms with van der Waals surface area (Å²) in [6.45, 7) is 9.63. The van der Waals surface area contributed by atoms with Crippen molar-refractivity contribution in [3.63, 3.8) is 0 Å². The number of hydrogen-bond acceptors (Lipinski definition) is 3. The molecule has 3 nitrogen and oxygen atoms in total. The third kappa shape index (κ3) is 4.41. The van der Waals surface area contributed by atoms with Crippen LogP contribution in [0.15, 0.2) is 24.3 Å². The van der Waals surface area contributed by atoms with Gasteiger partial charge in [-0.1, -0.05) is 20.8 Å². The molecule has 1 N–H and O–H groups in total. The Bertz CT molecular complexity index is 388. The number of benzene rings is 1. The van der Waals surface area contributed by atoms with Crippen LogP contribution in [0.1, 0.15) is 40.0 Å². The molecule has 20 heavy (non-hydrogen) atoms. The highest BCUT2D eigenvalue weighted by molar-refractivity contribution is 5.49. The van der Waals surface area contributed by atoms with E-state index >= 15 is 0 Å². The molecule has 0 radical (unpaired) electrons. The molecule has 112 valence electrons. The molecule has 0 saturated carbocycles. The summed E-state index contributed by atoms with van der Waals surface area (Å²) in [5.41, 5.74) is 1.31. The topological polar surface area (TPSA) is 24.5 Å². The molecule has 1 unspecified atom stereocenters. The highest BCUT2D eigenvalue weighted by Crippen LogP contribution is 2.23. The summed E-state index contributed by atoms with van der Waals surface area (Å²) in [6.07, 6.45) is 3.60. The van der Waals surface area contributed by atoms with Gasteiger partial charge >= 0.3 is 0 Å². The number of hydrogen-bond donors (Lipinski definition) is 1. The smallest absolute Gasteiger partial charge is 0.119 e. The van der Waals surface area contributed by atoms with Gasteiger partial charge in [-0.3, -0.25) is 0 Å². The Kier molecular flexibility index (Phi) is 5.72. The van der Waals surface area contributed by atoms with E-state index in [9.17, 15) is 0 Å².